The van der Waals surface area contributed by atoms with Crippen molar-refractivity contribution in [3.05, 3.63) is 418 Å². The van der Waals surface area contributed by atoms with Crippen LogP contribution in [0, 0.1) is 0 Å². The molecule has 0 aliphatic carbocycles. The van der Waals surface area contributed by atoms with Crippen LogP contribution in [-0.4, -0.2) is 56.5 Å². The summed E-state index contributed by atoms with van der Waals surface area (Å²) in [4.78, 5) is 19.3. The molecule has 10 nitrogen and oxygen atoms in total. The maximum atomic E-state index is 6.44. The number of fused-ring (bicyclic) bond motifs is 16. The molecule has 0 saturated carbocycles. The van der Waals surface area contributed by atoms with E-state index in [4.69, 9.17) is 30.9 Å². The number of rotatable bonds is 10. The number of hydrogen-bond donors (Lipinski definition) is 0. The molecule has 126 heavy (non-hydrogen) atoms. The summed E-state index contributed by atoms with van der Waals surface area (Å²) in [6.07, 6.45) is 4.37. The van der Waals surface area contributed by atoms with Gasteiger partial charge in [0.1, 0.15) is 0 Å². The highest BCUT2D eigenvalue weighted by Gasteiger charge is 2.52. The van der Waals surface area contributed by atoms with Crippen molar-refractivity contribution in [1.29, 1.82) is 0 Å². The van der Waals surface area contributed by atoms with E-state index in [1.54, 1.807) is 0 Å². The zero-order valence-corrected chi connectivity index (χ0v) is 70.4. The molecule has 24 aromatic rings. The van der Waals surface area contributed by atoms with Gasteiger partial charge >= 0.3 is 7.12 Å². The van der Waals surface area contributed by atoms with E-state index in [0.29, 0.717) is 5.82 Å². The average molecular weight is 1640 g/mol. The molecule has 12 heteroatoms. The first-order valence-corrected chi connectivity index (χ1v) is 43.2. The van der Waals surface area contributed by atoms with Gasteiger partial charge in [-0.15, -0.1) is 0 Å². The Morgan fingerprint density at radius 1 is 0.262 bits per heavy atom. The van der Waals surface area contributed by atoms with Gasteiger partial charge in [-0.25, -0.2) is 19.9 Å². The van der Waals surface area contributed by atoms with Crippen LogP contribution in [0.4, 0.5) is 0 Å². The number of benzene rings is 18. The molecule has 25 rings (SSSR count). The van der Waals surface area contributed by atoms with Gasteiger partial charge in [-0.2, -0.15) is 0 Å². The van der Waals surface area contributed by atoms with Crippen molar-refractivity contribution in [3.63, 3.8) is 0 Å². The lowest BCUT2D eigenvalue weighted by Crippen LogP contribution is -2.41. The molecule has 0 radical (unpaired) electrons. The molecule has 0 unspecified atom stereocenters. The number of nitrogens with zero attached hydrogens (tertiary/aromatic N) is 8. The van der Waals surface area contributed by atoms with Crippen LogP contribution in [0.5, 0.6) is 0 Å². The zero-order valence-electron chi connectivity index (χ0n) is 69.6. The van der Waals surface area contributed by atoms with Crippen molar-refractivity contribution < 1.29 is 9.31 Å². The first kappa shape index (κ1) is 75.6. The molecule has 0 spiro atoms. The highest BCUT2D eigenvalue weighted by Crippen LogP contribution is 2.45. The van der Waals surface area contributed by atoms with Crippen LogP contribution >= 0.6 is 11.6 Å². The van der Waals surface area contributed by atoms with Crippen LogP contribution < -0.4 is 5.46 Å². The monoisotopic (exact) mass is 1640 g/mol. The number of hydrogen-bond acceptors (Lipinski definition) is 6. The predicted octanol–water partition coefficient (Wildman–Crippen LogP) is 28.9. The lowest BCUT2D eigenvalue weighted by molar-refractivity contribution is 0.00578. The Morgan fingerprint density at radius 2 is 0.659 bits per heavy atom. The SMILES string of the molecule is CC1(C)OB(c2ccc3c(c2)c2ccc4c(ccn4-c4ccccc4)c2n3-c2ccc3ccccc3c2)OC1(C)C.Clc1nc(-c2ccc(-c3cccc4ccccc34)cc2)c2ccccc2n1.c1ccc(-n2ccc3c2ccc2c4cc(-c5nc(-c6ccc(-c7cccc8ccccc78)cc6)c6ccccc6n5)ccc4n(-c4ccc5ccccc5c4)c23)cc1. The fourth-order valence-electron chi connectivity index (χ4n) is 18.8. The molecular formula is C114H80BClN8O2. The van der Waals surface area contributed by atoms with Gasteiger partial charge in [0, 0.05) is 94.9 Å². The highest BCUT2D eigenvalue weighted by molar-refractivity contribution is 6.62. The fourth-order valence-corrected chi connectivity index (χ4v) is 19.0. The Hall–Kier alpha value is -15.4. The molecule has 1 aliphatic rings. The van der Waals surface area contributed by atoms with Crippen molar-refractivity contribution in [2.45, 2.75) is 38.9 Å². The van der Waals surface area contributed by atoms with E-state index in [9.17, 15) is 0 Å². The minimum atomic E-state index is -0.411. The second-order valence-corrected chi connectivity index (χ2v) is 34.0. The molecule has 0 N–H and O–H groups in total. The quantitative estimate of drug-likeness (QED) is 0.100. The van der Waals surface area contributed by atoms with Crippen molar-refractivity contribution in [1.82, 2.24) is 38.2 Å². The highest BCUT2D eigenvalue weighted by atomic mass is 35.5. The van der Waals surface area contributed by atoms with E-state index < -0.39 is 18.3 Å². The van der Waals surface area contributed by atoms with Gasteiger partial charge < -0.3 is 27.6 Å². The summed E-state index contributed by atoms with van der Waals surface area (Å²) in [6, 6.07) is 142. The van der Waals surface area contributed by atoms with Crippen LogP contribution in [0.1, 0.15) is 27.7 Å². The Labute approximate surface area is 732 Å². The summed E-state index contributed by atoms with van der Waals surface area (Å²) >= 11 is 6.14. The molecule has 0 bridgehead atoms. The molecule has 1 fully saturated rings. The minimum absolute atomic E-state index is 0.266. The molecular weight excluding hydrogens is 1560 g/mol. The van der Waals surface area contributed by atoms with E-state index in [1.807, 2.05) is 24.3 Å². The summed E-state index contributed by atoms with van der Waals surface area (Å²) in [7, 11) is -0.411. The first-order chi connectivity index (χ1) is 61.8. The van der Waals surface area contributed by atoms with Crippen LogP contribution in [-0.2, 0) is 9.31 Å². The van der Waals surface area contributed by atoms with Gasteiger partial charge in [-0.05, 0) is 219 Å². The van der Waals surface area contributed by atoms with Gasteiger partial charge in [0.05, 0.1) is 66.7 Å². The van der Waals surface area contributed by atoms with Crippen LogP contribution in [0.15, 0.2) is 413 Å². The summed E-state index contributed by atoms with van der Waals surface area (Å²) < 4.78 is 22.3. The van der Waals surface area contributed by atoms with E-state index in [-0.39, 0.29) is 5.28 Å². The van der Waals surface area contributed by atoms with E-state index in [1.165, 1.54) is 109 Å². The minimum Gasteiger partial charge on any atom is -0.399 e. The molecule has 6 aromatic heterocycles. The Bertz CT molecular complexity index is 8420. The molecule has 598 valence electrons. The van der Waals surface area contributed by atoms with Crippen molar-refractivity contribution in [2.75, 3.05) is 0 Å². The summed E-state index contributed by atoms with van der Waals surface area (Å²) in [5.41, 5.74) is 23.3. The molecule has 0 amide bonds. The normalized spacial score (nSPS) is 13.2. The molecule has 18 aromatic carbocycles. The standard InChI is InChI=1S/C54H34N4.C36H31BN2O2.C24H15ClN2/c1-2-15-41(16-3-1)57-32-31-47-50(57)30-28-45-48-34-40(26-29-51(48)58(53(45)47)42-27-25-35-11-4-5-13-39(35)33-42)54-55-49-20-9-8-18-46(49)52(56-54)38-23-21-37(22-24-38)44-19-10-14-36-12-6-7-17-43(36)44;1-35(2)36(3,4)41-37(40-35)26-15-18-33-31(23-26)29-17-19-32-30(20-21-38(32)27-12-6-5-7-13-27)34(29)39(33)28-16-14-24-10-8-9-11-25(24)22-28;25-24-26-22-11-4-3-9-21(22)23(27-24)18-14-12-17(13-15-18)20-10-5-7-16-6-1-2-8-19(16)20/h1-34H;5-23H,1-4H3;1-15H. The third-order valence-corrected chi connectivity index (χ3v) is 25.9. The first-order valence-electron chi connectivity index (χ1n) is 42.8. The largest absolute Gasteiger partial charge is 0.494 e. The van der Waals surface area contributed by atoms with E-state index >= 15 is 0 Å². The second-order valence-electron chi connectivity index (χ2n) is 33.6. The summed E-state index contributed by atoms with van der Waals surface area (Å²) in [5, 5.41) is 19.3. The molecule has 7 heterocycles. The molecule has 1 saturated heterocycles. The van der Waals surface area contributed by atoms with E-state index in [0.717, 1.165) is 100 Å². The smallest absolute Gasteiger partial charge is 0.399 e. The summed E-state index contributed by atoms with van der Waals surface area (Å²) in [5.74, 6) is 0.705. The van der Waals surface area contributed by atoms with Crippen molar-refractivity contribution >= 4 is 154 Å². The lowest BCUT2D eigenvalue weighted by atomic mass is 9.78. The zero-order chi connectivity index (χ0) is 84.3. The maximum absolute atomic E-state index is 6.44. The number of para-hydroxylation sites is 4. The van der Waals surface area contributed by atoms with Crippen LogP contribution in [0.25, 0.3) is 209 Å². The Kier molecular flexibility index (Phi) is 18.4. The van der Waals surface area contributed by atoms with Gasteiger partial charge in [0.15, 0.2) is 5.82 Å². The van der Waals surface area contributed by atoms with Crippen molar-refractivity contribution in [3.8, 4) is 78.9 Å². The maximum Gasteiger partial charge on any atom is 0.494 e. The van der Waals surface area contributed by atoms with Gasteiger partial charge in [-0.1, -0.05) is 291 Å². The predicted molar refractivity (Wildman–Crippen MR) is 526 cm³/mol. The Balaban J connectivity index is 0.000000117. The second kappa shape index (κ2) is 30.6. The van der Waals surface area contributed by atoms with Gasteiger partial charge in [0.2, 0.25) is 5.28 Å². The topological polar surface area (TPSA) is 89.7 Å². The van der Waals surface area contributed by atoms with Crippen molar-refractivity contribution in [2.24, 2.45) is 0 Å². The number of aromatic nitrogens is 8. The Morgan fingerprint density at radius 3 is 1.17 bits per heavy atom. The third kappa shape index (κ3) is 13.1. The lowest BCUT2D eigenvalue weighted by Gasteiger charge is -2.32. The molecule has 1 aliphatic heterocycles. The van der Waals surface area contributed by atoms with Crippen LogP contribution in [0.2, 0.25) is 5.28 Å². The number of halogens is 1. The van der Waals surface area contributed by atoms with Gasteiger partial charge in [0.25, 0.3) is 0 Å². The summed E-state index contributed by atoms with van der Waals surface area (Å²) in [6.45, 7) is 8.41. The third-order valence-electron chi connectivity index (χ3n) is 25.7. The molecule has 0 atom stereocenters. The van der Waals surface area contributed by atoms with Crippen LogP contribution in [0.3, 0.4) is 0 Å². The fraction of sp³-hybridized carbons (Fsp3) is 0.0526. The average Bonchev–Trinajstić information content (AvgIpc) is 1.57. The van der Waals surface area contributed by atoms with E-state index in [2.05, 4.69) is 444 Å². The van der Waals surface area contributed by atoms with Gasteiger partial charge in [-0.3, -0.25) is 0 Å².